The third-order valence-corrected chi connectivity index (χ3v) is 4.89. The smallest absolute Gasteiger partial charge is 0.224 e. The largest absolute Gasteiger partial charge is 0.493 e. The van der Waals surface area contributed by atoms with Crippen LogP contribution in [0, 0.1) is 20.8 Å². The highest BCUT2D eigenvalue weighted by Crippen LogP contribution is 2.33. The van der Waals surface area contributed by atoms with Gasteiger partial charge < -0.3 is 14.8 Å². The lowest BCUT2D eigenvalue weighted by molar-refractivity contribution is -0.116. The fraction of sp³-hybridized carbons (Fsp3) is 0.368. The Morgan fingerprint density at radius 1 is 1.00 bits per heavy atom. The number of nitrogens with one attached hydrogen (secondary N) is 1. The lowest BCUT2D eigenvalue weighted by atomic mass is 10.1. The fourth-order valence-corrected chi connectivity index (χ4v) is 3.54. The molecule has 1 N–H and O–H groups in total. The van der Waals surface area contributed by atoms with Crippen LogP contribution in [0.5, 0.6) is 11.5 Å². The van der Waals surface area contributed by atoms with Crippen molar-refractivity contribution in [3.05, 3.63) is 39.1 Å². The molecule has 5 nitrogen and oxygen atoms in total. The molecule has 0 aliphatic heterocycles. The van der Waals surface area contributed by atoms with E-state index in [1.54, 1.807) is 37.7 Å². The Hall–Kier alpha value is -2.34. The molecule has 0 fully saturated rings. The molecule has 0 saturated heterocycles. The summed E-state index contributed by atoms with van der Waals surface area (Å²) >= 11 is 1.60. The van der Waals surface area contributed by atoms with E-state index in [4.69, 9.17) is 9.47 Å². The van der Waals surface area contributed by atoms with E-state index in [1.165, 1.54) is 0 Å². The Morgan fingerprint density at radius 3 is 2.20 bits per heavy atom. The molecule has 0 radical (unpaired) electrons. The van der Waals surface area contributed by atoms with Crippen LogP contribution in [0.2, 0.25) is 0 Å². The van der Waals surface area contributed by atoms with Crippen LogP contribution in [0.4, 0.5) is 5.69 Å². The van der Waals surface area contributed by atoms with E-state index in [9.17, 15) is 9.59 Å². The van der Waals surface area contributed by atoms with Crippen LogP contribution in [0.3, 0.4) is 0 Å². The van der Waals surface area contributed by atoms with Gasteiger partial charge in [-0.25, -0.2) is 0 Å². The van der Waals surface area contributed by atoms with E-state index >= 15 is 0 Å². The van der Waals surface area contributed by atoms with Gasteiger partial charge in [0.25, 0.3) is 0 Å². The highest BCUT2D eigenvalue weighted by Gasteiger charge is 2.15. The van der Waals surface area contributed by atoms with Crippen molar-refractivity contribution in [3.63, 3.8) is 0 Å². The standard InChI is InChI=1S/C19H23NO4S/c1-11-8-17(23-4)18(24-5)10-15(11)20-19(22)7-6-16(21)14-9-12(2)25-13(14)3/h8-10H,6-7H2,1-5H3,(H,20,22). The Morgan fingerprint density at radius 2 is 1.64 bits per heavy atom. The van der Waals surface area contributed by atoms with E-state index < -0.39 is 0 Å². The summed E-state index contributed by atoms with van der Waals surface area (Å²) in [7, 11) is 3.11. The van der Waals surface area contributed by atoms with Crippen LogP contribution in [0.1, 0.15) is 38.5 Å². The molecule has 2 aromatic rings. The Kier molecular flexibility index (Phi) is 6.20. The molecule has 1 aromatic carbocycles. The summed E-state index contributed by atoms with van der Waals surface area (Å²) in [5, 5.41) is 2.84. The van der Waals surface area contributed by atoms with E-state index in [0.717, 1.165) is 20.9 Å². The summed E-state index contributed by atoms with van der Waals surface area (Å²) in [6.45, 7) is 5.78. The molecule has 1 amide bonds. The summed E-state index contributed by atoms with van der Waals surface area (Å²) < 4.78 is 10.5. The van der Waals surface area contributed by atoms with Gasteiger partial charge in [0.15, 0.2) is 17.3 Å². The number of benzene rings is 1. The molecule has 1 heterocycles. The summed E-state index contributed by atoms with van der Waals surface area (Å²) in [4.78, 5) is 26.6. The van der Waals surface area contributed by atoms with Crippen molar-refractivity contribution in [1.82, 2.24) is 0 Å². The number of methoxy groups -OCH3 is 2. The van der Waals surface area contributed by atoms with Crippen molar-refractivity contribution >= 4 is 28.7 Å². The minimum atomic E-state index is -0.201. The number of hydrogen-bond donors (Lipinski definition) is 1. The van der Waals surface area contributed by atoms with Crippen LogP contribution in [-0.4, -0.2) is 25.9 Å². The monoisotopic (exact) mass is 361 g/mol. The highest BCUT2D eigenvalue weighted by molar-refractivity contribution is 7.12. The number of carbonyl (C=O) groups excluding carboxylic acids is 2. The summed E-state index contributed by atoms with van der Waals surface area (Å²) in [6, 6.07) is 5.41. The number of ketones is 1. The predicted molar refractivity (Wildman–Crippen MR) is 100 cm³/mol. The second-order valence-electron chi connectivity index (χ2n) is 5.82. The van der Waals surface area contributed by atoms with Crippen molar-refractivity contribution in [1.29, 1.82) is 0 Å². The lowest BCUT2D eigenvalue weighted by Gasteiger charge is -2.13. The first-order chi connectivity index (χ1) is 11.8. The number of thiophene rings is 1. The van der Waals surface area contributed by atoms with Crippen LogP contribution in [0.25, 0.3) is 0 Å². The molecule has 0 bridgehead atoms. The first-order valence-electron chi connectivity index (χ1n) is 7.98. The number of anilines is 1. The fourth-order valence-electron chi connectivity index (χ4n) is 2.60. The molecular formula is C19H23NO4S. The number of ether oxygens (including phenoxy) is 2. The van der Waals surface area contributed by atoms with Gasteiger partial charge in [-0.3, -0.25) is 9.59 Å². The minimum Gasteiger partial charge on any atom is -0.493 e. The maximum absolute atomic E-state index is 12.3. The second kappa shape index (κ2) is 8.16. The van der Waals surface area contributed by atoms with Crippen LogP contribution >= 0.6 is 11.3 Å². The van der Waals surface area contributed by atoms with Gasteiger partial charge in [-0.2, -0.15) is 0 Å². The van der Waals surface area contributed by atoms with E-state index in [-0.39, 0.29) is 24.5 Å². The Balaban J connectivity index is 2.01. The van der Waals surface area contributed by atoms with Crippen LogP contribution in [-0.2, 0) is 4.79 Å². The molecule has 25 heavy (non-hydrogen) atoms. The van der Waals surface area contributed by atoms with Gasteiger partial charge >= 0.3 is 0 Å². The van der Waals surface area contributed by atoms with Crippen molar-refractivity contribution in [2.45, 2.75) is 33.6 Å². The zero-order valence-corrected chi connectivity index (χ0v) is 16.0. The van der Waals surface area contributed by atoms with E-state index in [2.05, 4.69) is 5.32 Å². The van der Waals surface area contributed by atoms with Gasteiger partial charge in [0, 0.05) is 39.9 Å². The van der Waals surface area contributed by atoms with Gasteiger partial charge in [-0.05, 0) is 38.5 Å². The third kappa shape index (κ3) is 4.60. The number of amides is 1. The van der Waals surface area contributed by atoms with Crippen molar-refractivity contribution in [3.8, 4) is 11.5 Å². The van der Waals surface area contributed by atoms with Crippen molar-refractivity contribution < 1.29 is 19.1 Å². The Bertz CT molecular complexity index is 795. The number of rotatable bonds is 7. The Labute approximate surface area is 152 Å². The molecule has 0 atom stereocenters. The van der Waals surface area contributed by atoms with Crippen LogP contribution in [0.15, 0.2) is 18.2 Å². The molecular weight excluding hydrogens is 338 g/mol. The molecule has 0 aliphatic rings. The van der Waals surface area contributed by atoms with Gasteiger partial charge in [0.1, 0.15) is 0 Å². The van der Waals surface area contributed by atoms with Crippen molar-refractivity contribution in [2.75, 3.05) is 19.5 Å². The summed E-state index contributed by atoms with van der Waals surface area (Å²) in [6.07, 6.45) is 0.330. The maximum atomic E-state index is 12.3. The normalized spacial score (nSPS) is 10.4. The van der Waals surface area contributed by atoms with Crippen LogP contribution < -0.4 is 14.8 Å². The molecule has 0 unspecified atom stereocenters. The van der Waals surface area contributed by atoms with E-state index in [0.29, 0.717) is 17.2 Å². The molecule has 0 aliphatic carbocycles. The number of Topliss-reactive ketones (excluding diaryl/α,β-unsaturated/α-hetero) is 1. The average molecular weight is 361 g/mol. The first-order valence-corrected chi connectivity index (χ1v) is 8.80. The maximum Gasteiger partial charge on any atom is 0.224 e. The van der Waals surface area contributed by atoms with Gasteiger partial charge in [-0.1, -0.05) is 0 Å². The molecule has 0 saturated carbocycles. The predicted octanol–water partition coefficient (Wildman–Crippen LogP) is 4.29. The SMILES string of the molecule is COc1cc(C)c(NC(=O)CCC(=O)c2cc(C)sc2C)cc1OC. The van der Waals surface area contributed by atoms with Gasteiger partial charge in [-0.15, -0.1) is 11.3 Å². The number of hydrogen-bond acceptors (Lipinski definition) is 5. The average Bonchev–Trinajstić information content (AvgIpc) is 2.92. The van der Waals surface area contributed by atoms with Crippen molar-refractivity contribution in [2.24, 2.45) is 0 Å². The minimum absolute atomic E-state index is 0.000957. The lowest BCUT2D eigenvalue weighted by Crippen LogP contribution is -2.14. The quantitative estimate of drug-likeness (QED) is 0.747. The van der Waals surface area contributed by atoms with Gasteiger partial charge in [0.2, 0.25) is 5.91 Å². The summed E-state index contributed by atoms with van der Waals surface area (Å²) in [5.41, 5.74) is 2.23. The molecule has 2 rings (SSSR count). The zero-order chi connectivity index (χ0) is 18.6. The highest BCUT2D eigenvalue weighted by atomic mass is 32.1. The second-order valence-corrected chi connectivity index (χ2v) is 7.28. The molecule has 134 valence electrons. The zero-order valence-electron chi connectivity index (χ0n) is 15.2. The molecule has 0 spiro atoms. The first kappa shape index (κ1) is 19.0. The number of aryl methyl sites for hydroxylation is 3. The summed E-state index contributed by atoms with van der Waals surface area (Å²) in [5.74, 6) is 0.953. The van der Waals surface area contributed by atoms with Gasteiger partial charge in [0.05, 0.1) is 14.2 Å². The number of carbonyl (C=O) groups is 2. The molecule has 1 aromatic heterocycles. The third-order valence-electron chi connectivity index (χ3n) is 3.93. The molecule has 6 heteroatoms. The van der Waals surface area contributed by atoms with E-state index in [1.807, 2.05) is 26.8 Å². The topological polar surface area (TPSA) is 64.6 Å².